The zero-order valence-corrected chi connectivity index (χ0v) is 15.6. The molecule has 29 heavy (non-hydrogen) atoms. The molecule has 14 nitrogen and oxygen atoms in total. The first-order valence-electron chi connectivity index (χ1n) is 8.68. The van der Waals surface area contributed by atoms with Crippen molar-refractivity contribution in [3.05, 3.63) is 0 Å². The average Bonchev–Trinajstić information content (AvgIpc) is 2.93. The molecule has 2 saturated heterocycles. The third-order valence-corrected chi connectivity index (χ3v) is 4.46. The summed E-state index contributed by atoms with van der Waals surface area (Å²) in [7, 11) is 0. The van der Waals surface area contributed by atoms with E-state index in [1.54, 1.807) is 0 Å². The summed E-state index contributed by atoms with van der Waals surface area (Å²) in [6.07, 6.45) is -12.7. The number of hydrogen-bond acceptors (Lipinski definition) is 13. The Morgan fingerprint density at radius 1 is 1.00 bits per heavy atom. The van der Waals surface area contributed by atoms with E-state index < -0.39 is 86.6 Å². The van der Waals surface area contributed by atoms with Gasteiger partial charge in [0.15, 0.2) is 6.29 Å². The largest absolute Gasteiger partial charge is 0.480 e. The van der Waals surface area contributed by atoms with Crippen molar-refractivity contribution >= 4 is 5.97 Å². The Balaban J connectivity index is 0.000000612. The predicted molar refractivity (Wildman–Crippen MR) is 89.9 cm³/mol. The van der Waals surface area contributed by atoms with Gasteiger partial charge in [-0.05, 0) is 6.92 Å². The molecular weight excluding hydrogens is 402 g/mol. The molecule has 0 bridgehead atoms. The first kappa shape index (κ1) is 26.0. The second-order valence-corrected chi connectivity index (χ2v) is 6.69. The molecule has 10 atom stereocenters. The van der Waals surface area contributed by atoms with Crippen LogP contribution in [0.2, 0.25) is 0 Å². The molecule has 2 fully saturated rings. The van der Waals surface area contributed by atoms with E-state index in [1.165, 1.54) is 6.92 Å². The third-order valence-electron chi connectivity index (χ3n) is 4.46. The molecule has 2 aliphatic heterocycles. The molecule has 0 aliphatic carbocycles. The average molecular weight is 431 g/mol. The summed E-state index contributed by atoms with van der Waals surface area (Å²) in [6.45, 7) is -0.903. The van der Waals surface area contributed by atoms with Crippen LogP contribution in [-0.4, -0.2) is 133 Å². The van der Waals surface area contributed by atoms with Crippen molar-refractivity contribution in [2.45, 2.75) is 67.8 Å². The first-order valence-corrected chi connectivity index (χ1v) is 8.68. The smallest absolute Gasteiger partial charge is 0.320 e. The number of aliphatic hydroxyl groups excluding tert-OH is 8. The maximum absolute atomic E-state index is 10.00. The lowest BCUT2D eigenvalue weighted by Gasteiger charge is -2.43. The van der Waals surface area contributed by atoms with E-state index in [2.05, 4.69) is 0 Å². The number of aliphatic carboxylic acids is 1. The molecule has 14 heteroatoms. The second-order valence-electron chi connectivity index (χ2n) is 6.69. The zero-order valence-electron chi connectivity index (χ0n) is 15.6. The van der Waals surface area contributed by atoms with Crippen LogP contribution in [0.5, 0.6) is 0 Å². The molecule has 0 amide bonds. The fourth-order valence-electron chi connectivity index (χ4n) is 2.63. The van der Waals surface area contributed by atoms with E-state index in [1.807, 2.05) is 0 Å². The van der Waals surface area contributed by atoms with Gasteiger partial charge in [-0.15, -0.1) is 0 Å². The summed E-state index contributed by atoms with van der Waals surface area (Å²) in [5.41, 5.74) is 4.84. The number of carbonyl (C=O) groups is 1. The van der Waals surface area contributed by atoms with Crippen LogP contribution < -0.4 is 5.73 Å². The second kappa shape index (κ2) is 10.9. The molecule has 2 heterocycles. The fraction of sp³-hybridized carbons (Fsp3) is 0.933. The number of carboxylic acid groups (broad SMARTS) is 1. The molecule has 2 aliphatic rings. The highest BCUT2D eigenvalue weighted by Crippen LogP contribution is 2.35. The lowest BCUT2D eigenvalue weighted by Crippen LogP contribution is -2.62. The first-order chi connectivity index (χ1) is 13.4. The minimum atomic E-state index is -2.22. The van der Waals surface area contributed by atoms with E-state index in [-0.39, 0.29) is 0 Å². The topological polar surface area (TPSA) is 253 Å². The van der Waals surface area contributed by atoms with Gasteiger partial charge in [0, 0.05) is 0 Å². The Kier molecular flexibility index (Phi) is 9.74. The molecule has 0 spiro atoms. The van der Waals surface area contributed by atoms with Crippen LogP contribution in [0.15, 0.2) is 0 Å². The van der Waals surface area contributed by atoms with E-state index >= 15 is 0 Å². The van der Waals surface area contributed by atoms with E-state index in [0.717, 1.165) is 0 Å². The predicted octanol–water partition coefficient (Wildman–Crippen LogP) is -5.98. The molecule has 11 N–H and O–H groups in total. The lowest BCUT2D eigenvalue weighted by molar-refractivity contribution is -0.383. The highest BCUT2D eigenvalue weighted by atomic mass is 16.8. The maximum atomic E-state index is 10.00. The number of hydrogen-bond donors (Lipinski definition) is 10. The van der Waals surface area contributed by atoms with Gasteiger partial charge in [0.1, 0.15) is 55.4 Å². The summed E-state index contributed by atoms with van der Waals surface area (Å²) in [4.78, 5) is 9.57. The van der Waals surface area contributed by atoms with Crippen molar-refractivity contribution in [1.82, 2.24) is 0 Å². The minimum Gasteiger partial charge on any atom is -0.480 e. The number of ether oxygens (including phenoxy) is 3. The molecule has 0 saturated carbocycles. The molecule has 0 aromatic heterocycles. The van der Waals surface area contributed by atoms with Crippen molar-refractivity contribution in [3.63, 3.8) is 0 Å². The fourth-order valence-corrected chi connectivity index (χ4v) is 2.63. The Morgan fingerprint density at radius 3 is 1.90 bits per heavy atom. The summed E-state index contributed by atoms with van der Waals surface area (Å²) in [6, 6.07) is -0.731. The molecule has 0 radical (unpaired) electrons. The summed E-state index contributed by atoms with van der Waals surface area (Å²) in [5, 5.41) is 84.5. The van der Waals surface area contributed by atoms with Crippen LogP contribution in [0.3, 0.4) is 0 Å². The summed E-state index contributed by atoms with van der Waals surface area (Å²) in [5.74, 6) is -3.18. The van der Waals surface area contributed by atoms with Crippen LogP contribution >= 0.6 is 0 Å². The van der Waals surface area contributed by atoms with Crippen LogP contribution in [0.4, 0.5) is 0 Å². The highest BCUT2D eigenvalue weighted by molar-refractivity contribution is 5.72. The van der Waals surface area contributed by atoms with Crippen molar-refractivity contribution in [2.75, 3.05) is 19.8 Å². The van der Waals surface area contributed by atoms with Gasteiger partial charge >= 0.3 is 5.97 Å². The molecule has 172 valence electrons. The molecule has 2 rings (SSSR count). The van der Waals surface area contributed by atoms with Gasteiger partial charge in [0.25, 0.3) is 0 Å². The standard InChI is InChI=1S/C12H22O11.C3H7NO2/c13-1-4-6(16)8(18)9(19)11(21-4)23-12(3-15)10(20)7(17)5(2-14)22-12;1-2(4)3(5)6/h4-11,13-20H,1-3H2;2H,4H2,1H3,(H,5,6)/t4-,5-,6-,7-,8+,9-,10+,11-,12+;2-/m10/s1. The van der Waals surface area contributed by atoms with E-state index in [4.69, 9.17) is 35.3 Å². The third kappa shape index (κ3) is 5.78. The molecule has 0 aromatic carbocycles. The number of nitrogens with two attached hydrogens (primary N) is 1. The highest BCUT2D eigenvalue weighted by Gasteiger charge is 2.58. The molecule has 0 unspecified atom stereocenters. The van der Waals surface area contributed by atoms with Crippen LogP contribution in [-0.2, 0) is 19.0 Å². The van der Waals surface area contributed by atoms with Gasteiger partial charge < -0.3 is 65.9 Å². The Labute approximate surface area is 165 Å². The van der Waals surface area contributed by atoms with Crippen molar-refractivity contribution < 1.29 is 65.0 Å². The normalized spacial score (nSPS) is 43.4. The minimum absolute atomic E-state index is 0.669. The van der Waals surface area contributed by atoms with Gasteiger partial charge in [-0.3, -0.25) is 4.79 Å². The maximum Gasteiger partial charge on any atom is 0.320 e. The Hall–Kier alpha value is -1.01. The zero-order chi connectivity index (χ0) is 22.5. The Morgan fingerprint density at radius 2 is 1.52 bits per heavy atom. The van der Waals surface area contributed by atoms with Gasteiger partial charge in [-0.1, -0.05) is 0 Å². The van der Waals surface area contributed by atoms with Gasteiger partial charge in [-0.25, -0.2) is 0 Å². The quantitative estimate of drug-likeness (QED) is 0.188. The summed E-state index contributed by atoms with van der Waals surface area (Å²) >= 11 is 0. The molecular formula is C15H29NO13. The van der Waals surface area contributed by atoms with E-state index in [0.29, 0.717) is 0 Å². The van der Waals surface area contributed by atoms with Crippen LogP contribution in [0, 0.1) is 0 Å². The number of rotatable bonds is 6. The SMILES string of the molecule is C[C@H](N)C(=O)O.OC[C@H]1O[C@@](CO)(O[C@H]2O[C@H](CO)[C@@H](O)[C@H](O)[C@H]2O)[C@@H](O)[C@@H]1O. The van der Waals surface area contributed by atoms with Crippen LogP contribution in [0.25, 0.3) is 0 Å². The van der Waals surface area contributed by atoms with Crippen molar-refractivity contribution in [3.8, 4) is 0 Å². The number of aliphatic hydroxyl groups is 8. The van der Waals surface area contributed by atoms with Gasteiger partial charge in [-0.2, -0.15) is 0 Å². The monoisotopic (exact) mass is 431 g/mol. The summed E-state index contributed by atoms with van der Waals surface area (Å²) < 4.78 is 15.4. The number of carboxylic acids is 1. The molecule has 0 aromatic rings. The van der Waals surface area contributed by atoms with Gasteiger partial charge in [0.05, 0.1) is 13.2 Å². The van der Waals surface area contributed by atoms with Crippen molar-refractivity contribution in [1.29, 1.82) is 0 Å². The van der Waals surface area contributed by atoms with Crippen molar-refractivity contribution in [2.24, 2.45) is 5.73 Å². The lowest BCUT2D eigenvalue weighted by atomic mass is 9.99. The Bertz CT molecular complexity index is 520. The van der Waals surface area contributed by atoms with Gasteiger partial charge in [0.2, 0.25) is 5.79 Å². The van der Waals surface area contributed by atoms with Crippen LogP contribution in [0.1, 0.15) is 6.92 Å². The van der Waals surface area contributed by atoms with E-state index in [9.17, 15) is 35.4 Å².